The predicted octanol–water partition coefficient (Wildman–Crippen LogP) is 3.12. The minimum atomic E-state index is -0.662. The Kier molecular flexibility index (Phi) is 3.43. The van der Waals surface area contributed by atoms with Gasteiger partial charge in [0.1, 0.15) is 0 Å². The highest BCUT2D eigenvalue weighted by Gasteiger charge is 2.26. The number of benzene rings is 2. The van der Waals surface area contributed by atoms with Gasteiger partial charge in [-0.25, -0.2) is 0 Å². The Morgan fingerprint density at radius 2 is 1.74 bits per heavy atom. The highest BCUT2D eigenvalue weighted by Crippen LogP contribution is 2.31. The molecule has 96 valence electrons. The van der Waals surface area contributed by atoms with Gasteiger partial charge < -0.3 is 10.2 Å². The molecule has 2 aromatic carbocycles. The quantitative estimate of drug-likeness (QED) is 0.826. The molecule has 1 atom stereocenters. The van der Waals surface area contributed by atoms with Gasteiger partial charge in [-0.15, -0.1) is 0 Å². The summed E-state index contributed by atoms with van der Waals surface area (Å²) in [6.07, 6.45) is 0.474. The molecule has 0 aliphatic carbocycles. The molecule has 0 amide bonds. The number of rotatable bonds is 3. The molecule has 0 saturated heterocycles. The second kappa shape index (κ2) is 5.03. The van der Waals surface area contributed by atoms with Crippen molar-refractivity contribution in [2.24, 2.45) is 0 Å². The second-order valence-corrected chi connectivity index (χ2v) is 4.81. The lowest BCUT2D eigenvalue weighted by Gasteiger charge is -2.22. The van der Waals surface area contributed by atoms with E-state index in [1.54, 1.807) is 6.07 Å². The van der Waals surface area contributed by atoms with Gasteiger partial charge in [0.25, 0.3) is 0 Å². The molecule has 0 aliphatic heterocycles. The van der Waals surface area contributed by atoms with Crippen molar-refractivity contribution in [1.29, 1.82) is 5.26 Å². The molecule has 2 aromatic rings. The molecule has 0 bridgehead atoms. The topological polar surface area (TPSA) is 64.2 Å². The van der Waals surface area contributed by atoms with Crippen LogP contribution in [-0.2, 0) is 11.8 Å². The van der Waals surface area contributed by atoms with Crippen molar-refractivity contribution >= 4 is 0 Å². The van der Waals surface area contributed by atoms with Gasteiger partial charge in [0, 0.05) is 0 Å². The molecule has 0 heterocycles. The van der Waals surface area contributed by atoms with E-state index >= 15 is 0 Å². The van der Waals surface area contributed by atoms with Crippen LogP contribution in [0.5, 0.6) is 11.5 Å². The van der Waals surface area contributed by atoms with Gasteiger partial charge in [0.15, 0.2) is 11.5 Å². The van der Waals surface area contributed by atoms with Crippen LogP contribution in [0.4, 0.5) is 0 Å². The van der Waals surface area contributed by atoms with E-state index in [0.717, 1.165) is 11.1 Å². The monoisotopic (exact) mass is 253 g/mol. The third kappa shape index (κ3) is 2.69. The second-order valence-electron chi connectivity index (χ2n) is 4.81. The van der Waals surface area contributed by atoms with Crippen molar-refractivity contribution in [3.63, 3.8) is 0 Å². The predicted molar refractivity (Wildman–Crippen MR) is 72.9 cm³/mol. The standard InChI is InChI=1S/C16H15NO2/c1-16(11-17,13-5-3-2-4-6-13)10-12-7-8-14(18)15(19)9-12/h2-9,18-19H,10H2,1H3. The van der Waals surface area contributed by atoms with Crippen molar-refractivity contribution in [2.75, 3.05) is 0 Å². The highest BCUT2D eigenvalue weighted by atomic mass is 16.3. The zero-order valence-electron chi connectivity index (χ0n) is 10.7. The van der Waals surface area contributed by atoms with Gasteiger partial charge in [0.2, 0.25) is 0 Å². The first-order valence-corrected chi connectivity index (χ1v) is 6.03. The normalized spacial score (nSPS) is 13.5. The van der Waals surface area contributed by atoms with Crippen LogP contribution >= 0.6 is 0 Å². The summed E-state index contributed by atoms with van der Waals surface area (Å²) in [7, 11) is 0. The fourth-order valence-electron chi connectivity index (χ4n) is 2.10. The maximum atomic E-state index is 9.51. The van der Waals surface area contributed by atoms with Crippen LogP contribution in [-0.4, -0.2) is 10.2 Å². The third-order valence-corrected chi connectivity index (χ3v) is 3.26. The minimum Gasteiger partial charge on any atom is -0.504 e. The Labute approximate surface area is 112 Å². The van der Waals surface area contributed by atoms with Gasteiger partial charge in [-0.1, -0.05) is 36.4 Å². The van der Waals surface area contributed by atoms with E-state index in [-0.39, 0.29) is 11.5 Å². The summed E-state index contributed by atoms with van der Waals surface area (Å²) in [4.78, 5) is 0. The van der Waals surface area contributed by atoms with E-state index < -0.39 is 5.41 Å². The fourth-order valence-corrected chi connectivity index (χ4v) is 2.10. The maximum absolute atomic E-state index is 9.51. The molecule has 2 rings (SSSR count). The molecule has 0 aliphatic rings. The zero-order valence-corrected chi connectivity index (χ0v) is 10.7. The first-order valence-electron chi connectivity index (χ1n) is 6.03. The number of phenolic OH excluding ortho intramolecular Hbond substituents is 2. The lowest BCUT2D eigenvalue weighted by Crippen LogP contribution is -2.22. The Morgan fingerprint density at radius 1 is 1.05 bits per heavy atom. The van der Waals surface area contributed by atoms with Crippen LogP contribution in [0.1, 0.15) is 18.1 Å². The van der Waals surface area contributed by atoms with Crippen molar-refractivity contribution in [3.05, 3.63) is 59.7 Å². The Balaban J connectivity index is 2.34. The van der Waals surface area contributed by atoms with Crippen molar-refractivity contribution in [1.82, 2.24) is 0 Å². The van der Waals surface area contributed by atoms with Crippen LogP contribution in [0.2, 0.25) is 0 Å². The van der Waals surface area contributed by atoms with Gasteiger partial charge >= 0.3 is 0 Å². The number of aromatic hydroxyl groups is 2. The molecule has 0 fully saturated rings. The summed E-state index contributed by atoms with van der Waals surface area (Å²) in [6.45, 7) is 1.87. The highest BCUT2D eigenvalue weighted by molar-refractivity contribution is 5.43. The van der Waals surface area contributed by atoms with Crippen molar-refractivity contribution < 1.29 is 10.2 Å². The van der Waals surface area contributed by atoms with Crippen LogP contribution < -0.4 is 0 Å². The molecule has 0 saturated carbocycles. The first kappa shape index (κ1) is 13.0. The zero-order chi connectivity index (χ0) is 13.9. The van der Waals surface area contributed by atoms with Gasteiger partial charge in [-0.05, 0) is 36.6 Å². The lowest BCUT2D eigenvalue weighted by atomic mass is 9.78. The van der Waals surface area contributed by atoms with Gasteiger partial charge in [0.05, 0.1) is 11.5 Å². The van der Waals surface area contributed by atoms with Crippen LogP contribution in [0.15, 0.2) is 48.5 Å². The maximum Gasteiger partial charge on any atom is 0.157 e. The van der Waals surface area contributed by atoms with Crippen LogP contribution in [0.25, 0.3) is 0 Å². The molecular weight excluding hydrogens is 238 g/mol. The summed E-state index contributed by atoms with van der Waals surface area (Å²) in [5.41, 5.74) is 1.08. The molecule has 0 spiro atoms. The number of nitriles is 1. The van der Waals surface area contributed by atoms with E-state index in [9.17, 15) is 15.5 Å². The number of nitrogens with zero attached hydrogens (tertiary/aromatic N) is 1. The molecule has 0 aromatic heterocycles. The minimum absolute atomic E-state index is 0.151. The average molecular weight is 253 g/mol. The van der Waals surface area contributed by atoms with Crippen molar-refractivity contribution in [2.45, 2.75) is 18.8 Å². The van der Waals surface area contributed by atoms with E-state index in [1.165, 1.54) is 12.1 Å². The summed E-state index contributed by atoms with van der Waals surface area (Å²) >= 11 is 0. The number of hydrogen-bond acceptors (Lipinski definition) is 3. The summed E-state index contributed by atoms with van der Waals surface area (Å²) in [6, 6.07) is 16.5. The largest absolute Gasteiger partial charge is 0.504 e. The fraction of sp³-hybridized carbons (Fsp3) is 0.188. The van der Waals surface area contributed by atoms with Crippen LogP contribution in [0.3, 0.4) is 0 Å². The van der Waals surface area contributed by atoms with E-state index in [0.29, 0.717) is 6.42 Å². The van der Waals surface area contributed by atoms with Gasteiger partial charge in [-0.3, -0.25) is 0 Å². The summed E-state index contributed by atoms with van der Waals surface area (Å²) in [5, 5.41) is 28.3. The molecule has 3 heteroatoms. The van der Waals surface area contributed by atoms with E-state index in [1.807, 2.05) is 37.3 Å². The number of phenols is 2. The molecule has 3 nitrogen and oxygen atoms in total. The van der Waals surface area contributed by atoms with Gasteiger partial charge in [-0.2, -0.15) is 5.26 Å². The molecule has 2 N–H and O–H groups in total. The van der Waals surface area contributed by atoms with Crippen molar-refractivity contribution in [3.8, 4) is 17.6 Å². The SMILES string of the molecule is CC(C#N)(Cc1ccc(O)c(O)c1)c1ccccc1. The average Bonchev–Trinajstić information content (AvgIpc) is 2.44. The summed E-state index contributed by atoms with van der Waals surface area (Å²) < 4.78 is 0. The molecular formula is C16H15NO2. The molecule has 0 radical (unpaired) electrons. The Hall–Kier alpha value is -2.47. The smallest absolute Gasteiger partial charge is 0.157 e. The lowest BCUT2D eigenvalue weighted by molar-refractivity contribution is 0.402. The number of hydrogen-bond donors (Lipinski definition) is 2. The summed E-state index contributed by atoms with van der Waals surface area (Å²) in [5.74, 6) is -0.312. The van der Waals surface area contributed by atoms with Crippen LogP contribution in [0, 0.1) is 11.3 Å². The third-order valence-electron chi connectivity index (χ3n) is 3.26. The Morgan fingerprint density at radius 3 is 2.32 bits per heavy atom. The molecule has 1 unspecified atom stereocenters. The van der Waals surface area contributed by atoms with E-state index in [2.05, 4.69) is 6.07 Å². The van der Waals surface area contributed by atoms with E-state index in [4.69, 9.17) is 0 Å². The Bertz CT molecular complexity index is 616. The molecule has 19 heavy (non-hydrogen) atoms. The first-order chi connectivity index (χ1) is 9.05.